The highest BCUT2D eigenvalue weighted by Crippen LogP contribution is 2.38. The number of hydrogen-bond acceptors (Lipinski definition) is 8. The van der Waals surface area contributed by atoms with Crippen LogP contribution in [0.2, 0.25) is 0 Å². The van der Waals surface area contributed by atoms with Gasteiger partial charge in [-0.25, -0.2) is 4.79 Å². The van der Waals surface area contributed by atoms with Crippen molar-refractivity contribution in [1.29, 1.82) is 0 Å². The predicted octanol–water partition coefficient (Wildman–Crippen LogP) is 3.28. The van der Waals surface area contributed by atoms with E-state index in [1.54, 1.807) is 33.3 Å². The molecule has 0 spiro atoms. The average Bonchev–Trinajstić information content (AvgIpc) is 2.79. The second kappa shape index (κ2) is 13.8. The van der Waals surface area contributed by atoms with E-state index in [9.17, 15) is 14.7 Å². The molecule has 0 amide bonds. The molecular formula is C25H42O8. The molecule has 1 heterocycles. The highest BCUT2D eigenvalue weighted by atomic mass is 16.7. The fourth-order valence-corrected chi connectivity index (χ4v) is 4.48. The molecule has 8 atom stereocenters. The highest BCUT2D eigenvalue weighted by molar-refractivity contribution is 5.87. The molecule has 0 aliphatic carbocycles. The minimum atomic E-state index is -0.583. The number of aliphatic hydroxyl groups is 1. The molecule has 0 aromatic carbocycles. The van der Waals surface area contributed by atoms with E-state index in [1.165, 1.54) is 14.0 Å². The molecule has 0 bridgehead atoms. The smallest absolute Gasteiger partial charge is 0.333 e. The number of carbonyl (C=O) groups is 2. The largest absolute Gasteiger partial charge is 0.466 e. The third-order valence-corrected chi connectivity index (χ3v) is 6.59. The molecule has 1 saturated heterocycles. The van der Waals surface area contributed by atoms with Crippen LogP contribution in [-0.2, 0) is 33.3 Å². The van der Waals surface area contributed by atoms with Gasteiger partial charge in [-0.05, 0) is 6.92 Å². The van der Waals surface area contributed by atoms with Crippen LogP contribution in [0.4, 0.5) is 0 Å². The Morgan fingerprint density at radius 1 is 1.06 bits per heavy atom. The van der Waals surface area contributed by atoms with Gasteiger partial charge in [0.2, 0.25) is 0 Å². The van der Waals surface area contributed by atoms with Gasteiger partial charge in [0.05, 0.1) is 25.4 Å². The Bertz CT molecular complexity index is 684. The van der Waals surface area contributed by atoms with E-state index in [1.807, 2.05) is 33.8 Å². The van der Waals surface area contributed by atoms with E-state index >= 15 is 0 Å². The summed E-state index contributed by atoms with van der Waals surface area (Å²) in [4.78, 5) is 23.5. The summed E-state index contributed by atoms with van der Waals surface area (Å²) in [7, 11) is 4.48. The Balaban J connectivity index is 3.11. The maximum atomic E-state index is 11.9. The number of hydrogen-bond donors (Lipinski definition) is 1. The number of esters is 2. The SMILES string of the molecule is COC(=O)C(C)=CC=CC(C)C(OC(C)=O)C(C)C1OC(CC(OC)OC)C(C)C(O)C1C. The van der Waals surface area contributed by atoms with Crippen LogP contribution in [0.3, 0.4) is 0 Å². The number of methoxy groups -OCH3 is 3. The van der Waals surface area contributed by atoms with E-state index in [0.29, 0.717) is 12.0 Å². The molecule has 8 heteroatoms. The summed E-state index contributed by atoms with van der Waals surface area (Å²) in [5, 5.41) is 10.9. The lowest BCUT2D eigenvalue weighted by Gasteiger charge is -2.47. The van der Waals surface area contributed by atoms with E-state index in [0.717, 1.165) is 0 Å². The van der Waals surface area contributed by atoms with Gasteiger partial charge in [-0.1, -0.05) is 45.9 Å². The molecule has 190 valence electrons. The van der Waals surface area contributed by atoms with Crippen molar-refractivity contribution in [3.8, 4) is 0 Å². The quantitative estimate of drug-likeness (QED) is 0.213. The third kappa shape index (κ3) is 8.21. The molecule has 8 unspecified atom stereocenters. The fourth-order valence-electron chi connectivity index (χ4n) is 4.48. The first-order chi connectivity index (χ1) is 15.5. The van der Waals surface area contributed by atoms with Crippen LogP contribution in [0.1, 0.15) is 48.0 Å². The fraction of sp³-hybridized carbons (Fsp3) is 0.760. The number of allylic oxidation sites excluding steroid dienone is 2. The van der Waals surface area contributed by atoms with Crippen molar-refractivity contribution in [1.82, 2.24) is 0 Å². The predicted molar refractivity (Wildman–Crippen MR) is 124 cm³/mol. The summed E-state index contributed by atoms with van der Waals surface area (Å²) in [6.07, 6.45) is 3.65. The van der Waals surface area contributed by atoms with Crippen LogP contribution >= 0.6 is 0 Å². The summed E-state index contributed by atoms with van der Waals surface area (Å²) < 4.78 is 27.6. The van der Waals surface area contributed by atoms with Crippen molar-refractivity contribution < 1.29 is 38.4 Å². The normalized spacial score (nSPS) is 29.1. The number of carbonyl (C=O) groups excluding carboxylic acids is 2. The van der Waals surface area contributed by atoms with Gasteiger partial charge >= 0.3 is 11.9 Å². The molecule has 1 N–H and O–H groups in total. The van der Waals surface area contributed by atoms with Crippen molar-refractivity contribution in [2.24, 2.45) is 23.7 Å². The van der Waals surface area contributed by atoms with E-state index in [2.05, 4.69) is 0 Å². The van der Waals surface area contributed by atoms with Gasteiger partial charge in [-0.15, -0.1) is 0 Å². The molecule has 0 aromatic rings. The summed E-state index contributed by atoms with van der Waals surface area (Å²) >= 11 is 0. The van der Waals surface area contributed by atoms with Crippen molar-refractivity contribution >= 4 is 11.9 Å². The van der Waals surface area contributed by atoms with Crippen molar-refractivity contribution in [2.45, 2.75) is 78.7 Å². The Morgan fingerprint density at radius 2 is 1.67 bits per heavy atom. The Morgan fingerprint density at radius 3 is 2.18 bits per heavy atom. The summed E-state index contributed by atoms with van der Waals surface area (Å²) in [6, 6.07) is 0. The Kier molecular flexibility index (Phi) is 12.3. The van der Waals surface area contributed by atoms with Crippen LogP contribution in [0.5, 0.6) is 0 Å². The Labute approximate surface area is 198 Å². The minimum absolute atomic E-state index is 0.104. The van der Waals surface area contributed by atoms with Crippen LogP contribution in [-0.4, -0.2) is 69.1 Å². The van der Waals surface area contributed by atoms with Gasteiger partial charge in [0.1, 0.15) is 6.10 Å². The van der Waals surface area contributed by atoms with Crippen LogP contribution in [0, 0.1) is 23.7 Å². The molecule has 1 fully saturated rings. The zero-order valence-corrected chi connectivity index (χ0v) is 21.4. The van der Waals surface area contributed by atoms with Crippen LogP contribution in [0.15, 0.2) is 23.8 Å². The molecule has 1 aliphatic rings. The van der Waals surface area contributed by atoms with Gasteiger partial charge in [0, 0.05) is 56.8 Å². The molecule has 33 heavy (non-hydrogen) atoms. The highest BCUT2D eigenvalue weighted by Gasteiger charge is 2.46. The van der Waals surface area contributed by atoms with Gasteiger partial charge in [0.25, 0.3) is 0 Å². The first-order valence-electron chi connectivity index (χ1n) is 11.5. The van der Waals surface area contributed by atoms with E-state index in [-0.39, 0.29) is 41.8 Å². The maximum Gasteiger partial charge on any atom is 0.333 e. The molecule has 1 rings (SSSR count). The number of rotatable bonds is 11. The van der Waals surface area contributed by atoms with Crippen molar-refractivity contribution in [2.75, 3.05) is 21.3 Å². The lowest BCUT2D eigenvalue weighted by atomic mass is 9.75. The molecule has 0 aromatic heterocycles. The average molecular weight is 471 g/mol. The summed E-state index contributed by atoms with van der Waals surface area (Å²) in [5.74, 6) is -1.43. The monoisotopic (exact) mass is 470 g/mol. The molecule has 0 radical (unpaired) electrons. The third-order valence-electron chi connectivity index (χ3n) is 6.59. The Hall–Kier alpha value is -1.74. The zero-order chi connectivity index (χ0) is 25.3. The molecule has 1 aliphatic heterocycles. The second-order valence-corrected chi connectivity index (χ2v) is 9.00. The summed E-state index contributed by atoms with van der Waals surface area (Å²) in [5.41, 5.74) is 0.466. The van der Waals surface area contributed by atoms with Crippen LogP contribution < -0.4 is 0 Å². The van der Waals surface area contributed by atoms with Crippen molar-refractivity contribution in [3.05, 3.63) is 23.8 Å². The topological polar surface area (TPSA) is 101 Å². The number of aliphatic hydroxyl groups excluding tert-OH is 1. The lowest BCUT2D eigenvalue weighted by Crippen LogP contribution is -2.54. The first kappa shape index (κ1) is 29.3. The minimum Gasteiger partial charge on any atom is -0.466 e. The van der Waals surface area contributed by atoms with Gasteiger partial charge < -0.3 is 28.8 Å². The standard InChI is InChI=1S/C25H42O8/c1-14(11-10-12-15(2)25(28)31-9)23(32-19(6)26)18(5)24-17(4)22(27)16(3)20(33-24)13-21(29-7)30-8/h10-12,14,16-18,20-24,27H,13H2,1-9H3. The molecular weight excluding hydrogens is 428 g/mol. The molecule has 0 saturated carbocycles. The van der Waals surface area contributed by atoms with Gasteiger partial charge in [-0.2, -0.15) is 0 Å². The first-order valence-corrected chi connectivity index (χ1v) is 11.5. The van der Waals surface area contributed by atoms with Crippen LogP contribution in [0.25, 0.3) is 0 Å². The zero-order valence-electron chi connectivity index (χ0n) is 21.4. The van der Waals surface area contributed by atoms with E-state index in [4.69, 9.17) is 23.7 Å². The van der Waals surface area contributed by atoms with E-state index < -0.39 is 24.5 Å². The van der Waals surface area contributed by atoms with Crippen molar-refractivity contribution in [3.63, 3.8) is 0 Å². The summed E-state index contributed by atoms with van der Waals surface area (Å²) in [6.45, 7) is 10.9. The van der Waals surface area contributed by atoms with Gasteiger partial charge in [-0.3, -0.25) is 4.79 Å². The van der Waals surface area contributed by atoms with Gasteiger partial charge in [0.15, 0.2) is 6.29 Å². The number of ether oxygens (including phenoxy) is 5. The maximum absolute atomic E-state index is 11.9. The second-order valence-electron chi connectivity index (χ2n) is 9.00. The molecule has 8 nitrogen and oxygen atoms in total. The lowest BCUT2D eigenvalue weighted by molar-refractivity contribution is -0.218.